The van der Waals surface area contributed by atoms with Crippen LogP contribution in [0.3, 0.4) is 0 Å². The predicted molar refractivity (Wildman–Crippen MR) is 136 cm³/mol. The third-order valence-corrected chi connectivity index (χ3v) is 6.36. The molecule has 0 amide bonds. The van der Waals surface area contributed by atoms with Gasteiger partial charge in [0.2, 0.25) is 0 Å². The van der Waals surface area contributed by atoms with Gasteiger partial charge in [0.1, 0.15) is 24.4 Å². The summed E-state index contributed by atoms with van der Waals surface area (Å²) >= 11 is 0. The molecule has 0 saturated carbocycles. The average molecular weight is 752 g/mol. The first-order valence-corrected chi connectivity index (χ1v) is 13.2. The molecule has 0 aromatic heterocycles. The molecule has 4 heterocycles. The molecule has 4 aliphatic heterocycles. The van der Waals surface area contributed by atoms with E-state index in [1.54, 1.807) is 0 Å². The molecular formula is C24H32O24Ti+4. The Morgan fingerprint density at radius 2 is 0.531 bits per heavy atom. The van der Waals surface area contributed by atoms with Crippen molar-refractivity contribution < 1.29 is 140 Å². The van der Waals surface area contributed by atoms with E-state index < -0.39 is 147 Å². The topological polar surface area (TPSA) is 416 Å². The molecule has 4 unspecified atom stereocenters. The summed E-state index contributed by atoms with van der Waals surface area (Å²) in [7, 11) is 0. The fraction of sp³-hybridized carbons (Fsp3) is 0.667. The van der Waals surface area contributed by atoms with Gasteiger partial charge in [-0.05, 0) is 0 Å². The molecule has 12 N–H and O–H groups in total. The summed E-state index contributed by atoms with van der Waals surface area (Å²) in [5.74, 6) is -9.08. The van der Waals surface area contributed by atoms with Crippen LogP contribution in [0.1, 0.15) is 0 Å². The number of rotatable bonds is 8. The van der Waals surface area contributed by atoms with E-state index in [9.17, 15) is 38.4 Å². The first-order valence-electron chi connectivity index (χ1n) is 13.2. The summed E-state index contributed by atoms with van der Waals surface area (Å²) in [5, 5.41) is 105. The van der Waals surface area contributed by atoms with E-state index in [4.69, 9.17) is 61.3 Å². The normalized spacial score (nSPS) is 31.3. The Hall–Kier alpha value is -3.21. The van der Waals surface area contributed by atoms with E-state index >= 15 is 0 Å². The number of carbonyl (C=O) groups is 8. The molecule has 0 aliphatic carbocycles. The van der Waals surface area contributed by atoms with Crippen LogP contribution in [-0.2, 0) is 79.0 Å². The smallest absolute Gasteiger partial charge is 0.450 e. The summed E-state index contributed by atoms with van der Waals surface area (Å²) in [4.78, 5) is 84.4. The van der Waals surface area contributed by atoms with E-state index in [0.717, 1.165) is 0 Å². The van der Waals surface area contributed by atoms with Crippen molar-refractivity contribution in [2.24, 2.45) is 0 Å². The van der Waals surface area contributed by atoms with Gasteiger partial charge in [-0.3, -0.25) is 19.2 Å². The van der Waals surface area contributed by atoms with E-state index in [0.29, 0.717) is 0 Å². The first kappa shape index (κ1) is 45.8. The van der Waals surface area contributed by atoms with Crippen LogP contribution in [0.5, 0.6) is 0 Å². The number of aliphatic hydroxyl groups is 12. The van der Waals surface area contributed by atoms with Gasteiger partial charge >= 0.3 is 45.6 Å². The molecule has 0 spiro atoms. The van der Waals surface area contributed by atoms with Gasteiger partial charge in [-0.15, -0.1) is 0 Å². The maximum atomic E-state index is 10.6. The molecule has 4 aliphatic rings. The van der Waals surface area contributed by atoms with Crippen molar-refractivity contribution in [3.63, 3.8) is 0 Å². The molecule has 0 radical (unpaired) electrons. The molecule has 12 atom stereocenters. The van der Waals surface area contributed by atoms with Crippen LogP contribution in [-0.4, -0.2) is 208 Å². The monoisotopic (exact) mass is 752 g/mol. The van der Waals surface area contributed by atoms with Gasteiger partial charge in [0.25, 0.3) is 23.1 Å². The number of hydrogen-bond acceptors (Lipinski definition) is 24. The van der Waals surface area contributed by atoms with Crippen molar-refractivity contribution in [3.8, 4) is 0 Å². The van der Waals surface area contributed by atoms with E-state index in [2.05, 4.69) is 18.9 Å². The van der Waals surface area contributed by atoms with Gasteiger partial charge in [0, 0.05) is 0 Å². The maximum absolute atomic E-state index is 10.6. The summed E-state index contributed by atoms with van der Waals surface area (Å²) in [6, 6.07) is 0. The minimum Gasteiger partial charge on any atom is -0.450 e. The van der Waals surface area contributed by atoms with Crippen molar-refractivity contribution in [2.45, 2.75) is 73.2 Å². The largest absolute Gasteiger partial charge is 4.00 e. The molecule has 4 fully saturated rings. The zero-order chi connectivity index (χ0) is 37.2. The Morgan fingerprint density at radius 1 is 0.388 bits per heavy atom. The van der Waals surface area contributed by atoms with Gasteiger partial charge in [-0.1, -0.05) is 0 Å². The third-order valence-electron chi connectivity index (χ3n) is 6.36. The van der Waals surface area contributed by atoms with Gasteiger partial charge < -0.3 is 80.2 Å². The number of ether oxygens (including phenoxy) is 4. The Morgan fingerprint density at radius 3 is 0.612 bits per heavy atom. The molecule has 0 aromatic carbocycles. The van der Waals surface area contributed by atoms with Crippen molar-refractivity contribution in [3.05, 3.63) is 0 Å². The van der Waals surface area contributed by atoms with Crippen molar-refractivity contribution in [1.82, 2.24) is 0 Å². The fourth-order valence-electron chi connectivity index (χ4n) is 3.64. The number of carbonyl (C=O) groups excluding carboxylic acids is 8. The van der Waals surface area contributed by atoms with Crippen LogP contribution in [0, 0.1) is 0 Å². The third kappa shape index (κ3) is 11.4. The predicted octanol–water partition coefficient (Wildman–Crippen LogP) is -11.2. The standard InChI is InChI=1S/4C6H8O6.Ti/c4*7-1-2(8)5-3(9)4(10)6(11)12-5;/h4*2-3,5,7-9H,1H2;/q;;;;+4/t4*2-,3?,5+;/m0000./s1. The van der Waals surface area contributed by atoms with Gasteiger partial charge in [0.15, 0.2) is 48.8 Å². The molecule has 4 rings (SSSR count). The van der Waals surface area contributed by atoms with Crippen LogP contribution in [0.2, 0.25) is 0 Å². The van der Waals surface area contributed by atoms with Crippen LogP contribution >= 0.6 is 0 Å². The molecule has 0 bridgehead atoms. The minimum absolute atomic E-state index is 0. The summed E-state index contributed by atoms with van der Waals surface area (Å²) in [6.07, 6.45) is -17.7. The van der Waals surface area contributed by atoms with Crippen LogP contribution in [0.4, 0.5) is 0 Å². The zero-order valence-electron chi connectivity index (χ0n) is 24.5. The molecule has 272 valence electrons. The average Bonchev–Trinajstić information content (AvgIpc) is 3.70. The van der Waals surface area contributed by atoms with Crippen LogP contribution < -0.4 is 0 Å². The Balaban J connectivity index is 0.000000623. The number of cyclic esters (lactones) is 4. The molecule has 24 nitrogen and oxygen atoms in total. The molecular weight excluding hydrogens is 720 g/mol. The van der Waals surface area contributed by atoms with Gasteiger partial charge in [0.05, 0.1) is 26.4 Å². The summed E-state index contributed by atoms with van der Waals surface area (Å²) in [5.41, 5.74) is 0. The number of Topliss-reactive ketones (excluding diaryl/α,β-unsaturated/α-hetero) is 4. The van der Waals surface area contributed by atoms with Crippen molar-refractivity contribution >= 4 is 47.0 Å². The second-order valence-electron chi connectivity index (χ2n) is 9.72. The summed E-state index contributed by atoms with van der Waals surface area (Å²) in [6.45, 7) is -2.71. The molecule has 4 saturated heterocycles. The van der Waals surface area contributed by atoms with Crippen LogP contribution in [0.15, 0.2) is 0 Å². The SMILES string of the molecule is O=C1O[C@H]([C@@H](O)CO)C(O)C1=O.O=C1O[C@H]([C@@H](O)CO)C(O)C1=O.O=C1O[C@H]([C@@H](O)CO)C(O)C1=O.O=C1O[C@H]([C@@H](O)CO)C(O)C1=O.[Ti+4]. The first-order chi connectivity index (χ1) is 22.3. The number of esters is 4. The summed E-state index contributed by atoms with van der Waals surface area (Å²) < 4.78 is 17.2. The van der Waals surface area contributed by atoms with Crippen LogP contribution in [0.25, 0.3) is 0 Å². The van der Waals surface area contributed by atoms with Crippen molar-refractivity contribution in [2.75, 3.05) is 26.4 Å². The Kier molecular flexibility index (Phi) is 19.1. The van der Waals surface area contributed by atoms with E-state index in [1.165, 1.54) is 0 Å². The van der Waals surface area contributed by atoms with Gasteiger partial charge in [-0.25, -0.2) is 19.2 Å². The number of hydrogen-bond donors (Lipinski definition) is 12. The Labute approximate surface area is 286 Å². The molecule has 25 heteroatoms. The number of aliphatic hydroxyl groups excluding tert-OH is 12. The maximum Gasteiger partial charge on any atom is 4.00 e. The zero-order valence-corrected chi connectivity index (χ0v) is 26.1. The Bertz CT molecular complexity index is 1040. The van der Waals surface area contributed by atoms with Crippen molar-refractivity contribution in [1.29, 1.82) is 0 Å². The second-order valence-corrected chi connectivity index (χ2v) is 9.72. The van der Waals surface area contributed by atoms with Gasteiger partial charge in [-0.2, -0.15) is 0 Å². The fourth-order valence-corrected chi connectivity index (χ4v) is 3.64. The number of ketones is 4. The molecule has 0 aromatic rings. The van der Waals surface area contributed by atoms with E-state index in [1.807, 2.05) is 0 Å². The van der Waals surface area contributed by atoms with E-state index in [-0.39, 0.29) is 21.7 Å². The quantitative estimate of drug-likeness (QED) is 0.0474. The minimum atomic E-state index is -1.67. The molecule has 49 heavy (non-hydrogen) atoms. The second kappa shape index (κ2) is 20.5.